The van der Waals surface area contributed by atoms with Crippen molar-refractivity contribution in [1.82, 2.24) is 14.7 Å². The van der Waals surface area contributed by atoms with Gasteiger partial charge in [0.2, 0.25) is 5.03 Å². The lowest BCUT2D eigenvalue weighted by Gasteiger charge is -2.16. The summed E-state index contributed by atoms with van der Waals surface area (Å²) in [7, 11) is -2.87. The van der Waals surface area contributed by atoms with Crippen molar-refractivity contribution in [2.75, 3.05) is 12.4 Å². The first-order valence-corrected chi connectivity index (χ1v) is 10.3. The highest BCUT2D eigenvalue weighted by Gasteiger charge is 2.28. The van der Waals surface area contributed by atoms with Crippen LogP contribution in [-0.4, -0.2) is 31.5 Å². The number of carbonyl (C=O) groups excluding carboxylic acids is 1. The maximum Gasteiger partial charge on any atom is 0.333 e. The summed E-state index contributed by atoms with van der Waals surface area (Å²) in [5.41, 5.74) is 5.54. The molecule has 0 atom stereocenters. The third-order valence-corrected chi connectivity index (χ3v) is 6.33. The van der Waals surface area contributed by atoms with Crippen LogP contribution in [0.5, 0.6) is 5.75 Å². The summed E-state index contributed by atoms with van der Waals surface area (Å²) in [6, 6.07) is 1.45. The van der Waals surface area contributed by atoms with Crippen molar-refractivity contribution in [3.63, 3.8) is 0 Å². The molecule has 0 saturated carbocycles. The highest BCUT2D eigenvalue weighted by molar-refractivity contribution is 7.90. The number of sulfonamides is 1. The van der Waals surface area contributed by atoms with E-state index in [0.717, 1.165) is 61.7 Å². The predicted molar refractivity (Wildman–Crippen MR) is 98.4 cm³/mol. The second kappa shape index (κ2) is 6.80. The zero-order valence-electron chi connectivity index (χ0n) is 14.9. The molecule has 0 radical (unpaired) electrons. The summed E-state index contributed by atoms with van der Waals surface area (Å²) >= 11 is 0. The van der Waals surface area contributed by atoms with Crippen LogP contribution in [0.15, 0.2) is 23.6 Å². The minimum Gasteiger partial charge on any atom is -0.492 e. The number of amides is 2. The Hall–Kier alpha value is -2.68. The first-order valence-electron chi connectivity index (χ1n) is 8.84. The number of aryl methyl sites for hydroxylation is 2. The summed E-state index contributed by atoms with van der Waals surface area (Å²) in [6.07, 6.45) is 8.19. The number of carbonyl (C=O) groups is 1. The van der Waals surface area contributed by atoms with E-state index >= 15 is 0 Å². The van der Waals surface area contributed by atoms with Gasteiger partial charge in [0.1, 0.15) is 6.33 Å². The number of rotatable bonds is 4. The second-order valence-corrected chi connectivity index (χ2v) is 8.29. The fourth-order valence-corrected chi connectivity index (χ4v) is 4.90. The third kappa shape index (κ3) is 3.23. The number of aromatic nitrogens is 2. The molecule has 2 amide bonds. The van der Waals surface area contributed by atoms with Crippen molar-refractivity contribution < 1.29 is 17.9 Å². The molecule has 142 valence electrons. The van der Waals surface area contributed by atoms with Crippen LogP contribution in [0.3, 0.4) is 0 Å². The Morgan fingerprint density at radius 1 is 1.11 bits per heavy atom. The quantitative estimate of drug-likeness (QED) is 0.775. The van der Waals surface area contributed by atoms with E-state index in [1.807, 2.05) is 4.72 Å². The molecular weight excluding hydrogens is 368 g/mol. The molecule has 0 bridgehead atoms. The molecule has 0 unspecified atom stereocenters. The van der Waals surface area contributed by atoms with Gasteiger partial charge in [0, 0.05) is 5.69 Å². The van der Waals surface area contributed by atoms with E-state index in [2.05, 4.69) is 21.4 Å². The average Bonchev–Trinajstić information content (AvgIpc) is 3.30. The highest BCUT2D eigenvalue weighted by Crippen LogP contribution is 2.38. The van der Waals surface area contributed by atoms with Gasteiger partial charge in [-0.1, -0.05) is 6.07 Å². The van der Waals surface area contributed by atoms with Crippen LogP contribution in [0.2, 0.25) is 0 Å². The van der Waals surface area contributed by atoms with Gasteiger partial charge in [-0.2, -0.15) is 8.42 Å². The van der Waals surface area contributed by atoms with Gasteiger partial charge in [0.25, 0.3) is 10.0 Å². The van der Waals surface area contributed by atoms with Crippen LogP contribution >= 0.6 is 0 Å². The summed E-state index contributed by atoms with van der Waals surface area (Å²) in [4.78, 5) is 20.0. The van der Waals surface area contributed by atoms with E-state index < -0.39 is 16.1 Å². The lowest BCUT2D eigenvalue weighted by atomic mass is 9.99. The zero-order valence-corrected chi connectivity index (χ0v) is 15.7. The lowest BCUT2D eigenvalue weighted by molar-refractivity contribution is 0.256. The summed E-state index contributed by atoms with van der Waals surface area (Å²) in [5.74, 6) is -0.0284. The standard InChI is InChI=1S/C18H20N4O4S/c1-26-15-9-19-10-20-17(15)27(24,25)22-18(23)21-16-13-6-2-4-11(13)8-12-5-3-7-14(12)16/h8-10H,2-7H2,1H3,(H2,21,22,23). The van der Waals surface area contributed by atoms with Crippen molar-refractivity contribution >= 4 is 21.7 Å². The van der Waals surface area contributed by atoms with Crippen LogP contribution in [0.25, 0.3) is 0 Å². The number of anilines is 1. The molecule has 0 saturated heterocycles. The number of nitrogens with zero attached hydrogens (tertiary/aromatic N) is 2. The largest absolute Gasteiger partial charge is 0.492 e. The molecule has 1 aromatic carbocycles. The van der Waals surface area contributed by atoms with Gasteiger partial charge in [-0.05, 0) is 60.8 Å². The number of benzene rings is 1. The van der Waals surface area contributed by atoms with E-state index in [0.29, 0.717) is 0 Å². The maximum absolute atomic E-state index is 12.5. The Balaban J connectivity index is 1.61. The molecular formula is C18H20N4O4S. The molecule has 2 N–H and O–H groups in total. The van der Waals surface area contributed by atoms with Crippen molar-refractivity contribution in [1.29, 1.82) is 0 Å². The van der Waals surface area contributed by atoms with Gasteiger partial charge in [-0.15, -0.1) is 0 Å². The molecule has 0 spiro atoms. The zero-order chi connectivity index (χ0) is 19.0. The number of ether oxygens (including phenoxy) is 1. The van der Waals surface area contributed by atoms with Crippen LogP contribution in [0.4, 0.5) is 10.5 Å². The number of hydrogen-bond donors (Lipinski definition) is 2. The molecule has 0 aliphatic heterocycles. The third-order valence-electron chi connectivity index (χ3n) is 5.06. The van der Waals surface area contributed by atoms with E-state index in [-0.39, 0.29) is 10.8 Å². The Morgan fingerprint density at radius 2 is 1.78 bits per heavy atom. The second-order valence-electron chi connectivity index (χ2n) is 6.69. The first-order chi connectivity index (χ1) is 13.0. The fraction of sp³-hybridized carbons (Fsp3) is 0.389. The predicted octanol–water partition coefficient (Wildman–Crippen LogP) is 1.97. The first kappa shape index (κ1) is 17.7. The summed E-state index contributed by atoms with van der Waals surface area (Å²) in [6.45, 7) is 0. The topological polar surface area (TPSA) is 110 Å². The van der Waals surface area contributed by atoms with Crippen molar-refractivity contribution in [2.24, 2.45) is 0 Å². The minimum atomic E-state index is -4.19. The molecule has 2 aliphatic carbocycles. The Kier molecular flexibility index (Phi) is 4.47. The van der Waals surface area contributed by atoms with E-state index in [9.17, 15) is 13.2 Å². The van der Waals surface area contributed by atoms with Crippen molar-refractivity contribution in [3.05, 3.63) is 40.8 Å². The van der Waals surface area contributed by atoms with Gasteiger partial charge in [0.15, 0.2) is 5.75 Å². The van der Waals surface area contributed by atoms with E-state index in [1.165, 1.54) is 24.4 Å². The molecule has 27 heavy (non-hydrogen) atoms. The molecule has 1 aromatic heterocycles. The van der Waals surface area contributed by atoms with Gasteiger partial charge < -0.3 is 10.1 Å². The van der Waals surface area contributed by atoms with Crippen molar-refractivity contribution in [3.8, 4) is 5.75 Å². The molecule has 0 fully saturated rings. The molecule has 2 aromatic rings. The molecule has 8 nitrogen and oxygen atoms in total. The van der Waals surface area contributed by atoms with E-state index in [4.69, 9.17) is 4.74 Å². The number of urea groups is 1. The van der Waals surface area contributed by atoms with Crippen LogP contribution in [-0.2, 0) is 35.7 Å². The fourth-order valence-electron chi connectivity index (χ4n) is 3.92. The Morgan fingerprint density at radius 3 is 2.41 bits per heavy atom. The minimum absolute atomic E-state index is 0.0284. The molecule has 1 heterocycles. The Labute approximate surface area is 157 Å². The molecule has 2 aliphatic rings. The van der Waals surface area contributed by atoms with Crippen LogP contribution < -0.4 is 14.8 Å². The molecule has 4 rings (SSSR count). The number of fused-ring (bicyclic) bond motifs is 2. The Bertz CT molecular complexity index is 988. The van der Waals surface area contributed by atoms with Gasteiger partial charge in [-0.25, -0.2) is 19.5 Å². The normalized spacial score (nSPS) is 15.1. The number of nitrogens with one attached hydrogen (secondary N) is 2. The summed E-state index contributed by atoms with van der Waals surface area (Å²) < 4.78 is 32.1. The maximum atomic E-state index is 12.5. The molecule has 9 heteroatoms. The van der Waals surface area contributed by atoms with Crippen LogP contribution in [0, 0.1) is 0 Å². The van der Waals surface area contributed by atoms with Gasteiger partial charge >= 0.3 is 6.03 Å². The lowest BCUT2D eigenvalue weighted by Crippen LogP contribution is -2.35. The van der Waals surface area contributed by atoms with Crippen LogP contribution in [0.1, 0.15) is 35.1 Å². The number of hydrogen-bond acceptors (Lipinski definition) is 6. The van der Waals surface area contributed by atoms with E-state index in [1.54, 1.807) is 0 Å². The summed E-state index contributed by atoms with van der Waals surface area (Å²) in [5, 5.41) is 2.42. The van der Waals surface area contributed by atoms with Gasteiger partial charge in [-0.3, -0.25) is 0 Å². The monoisotopic (exact) mass is 388 g/mol. The number of methoxy groups -OCH3 is 1. The smallest absolute Gasteiger partial charge is 0.333 e. The van der Waals surface area contributed by atoms with Crippen molar-refractivity contribution in [2.45, 2.75) is 43.6 Å². The SMILES string of the molecule is COc1cncnc1S(=O)(=O)NC(=O)Nc1c2c(cc3c1CCC3)CCC2. The highest BCUT2D eigenvalue weighted by atomic mass is 32.2. The average molecular weight is 388 g/mol. The van der Waals surface area contributed by atoms with Gasteiger partial charge in [0.05, 0.1) is 13.3 Å².